The molecule has 2 aromatic carbocycles. The molecule has 0 atom stereocenters. The average Bonchev–Trinajstić information content (AvgIpc) is 3.33. The fourth-order valence-electron chi connectivity index (χ4n) is 3.57. The lowest BCUT2D eigenvalue weighted by Crippen LogP contribution is -2.40. The van der Waals surface area contributed by atoms with E-state index in [1.807, 2.05) is 0 Å². The fourth-order valence-corrected chi connectivity index (χ4v) is 3.82. The van der Waals surface area contributed by atoms with Crippen LogP contribution in [0.2, 0.25) is 5.02 Å². The minimum absolute atomic E-state index is 0.00273. The van der Waals surface area contributed by atoms with Gasteiger partial charge in [-0.1, -0.05) is 17.7 Å². The van der Waals surface area contributed by atoms with E-state index in [2.05, 4.69) is 20.9 Å². The molecule has 0 bridgehead atoms. The van der Waals surface area contributed by atoms with Gasteiger partial charge in [0.1, 0.15) is 0 Å². The van der Waals surface area contributed by atoms with Crippen LogP contribution in [0.25, 0.3) is 0 Å². The number of hydrogen-bond acceptors (Lipinski definition) is 4. The van der Waals surface area contributed by atoms with Crippen LogP contribution in [0.1, 0.15) is 26.3 Å². The topological polar surface area (TPSA) is 95.1 Å². The van der Waals surface area contributed by atoms with Crippen molar-refractivity contribution in [3.8, 4) is 0 Å². The second kappa shape index (κ2) is 9.90. The van der Waals surface area contributed by atoms with Gasteiger partial charge < -0.3 is 25.6 Å². The molecule has 2 saturated heterocycles. The lowest BCUT2D eigenvalue weighted by Gasteiger charge is -2.27. The van der Waals surface area contributed by atoms with Crippen LogP contribution in [-0.2, 0) is 10.9 Å². The van der Waals surface area contributed by atoms with Gasteiger partial charge in [-0.3, -0.25) is 9.59 Å². The first-order valence-electron chi connectivity index (χ1n) is 10.5. The van der Waals surface area contributed by atoms with Crippen molar-refractivity contribution in [2.75, 3.05) is 44.7 Å². The predicted octanol–water partition coefficient (Wildman–Crippen LogP) is 3.26. The summed E-state index contributed by atoms with van der Waals surface area (Å²) < 4.78 is 46.7. The Balaban J connectivity index is 1.62. The molecule has 0 aliphatic carbocycles. The number of amides is 2. The van der Waals surface area contributed by atoms with Crippen LogP contribution in [-0.4, -0.2) is 62.1 Å². The van der Waals surface area contributed by atoms with E-state index in [-0.39, 0.29) is 39.4 Å². The molecule has 4 rings (SSSR count). The number of carbonyl (C=O) groups is 2. The van der Waals surface area contributed by atoms with Crippen LogP contribution in [0.5, 0.6) is 0 Å². The van der Waals surface area contributed by atoms with Gasteiger partial charge >= 0.3 is 6.18 Å². The zero-order valence-electron chi connectivity index (χ0n) is 17.8. The number of aliphatic imine (C=N–C) groups is 1. The first-order chi connectivity index (χ1) is 16.2. The van der Waals surface area contributed by atoms with Crippen LogP contribution in [0.15, 0.2) is 41.4 Å². The van der Waals surface area contributed by atoms with Gasteiger partial charge in [0.05, 0.1) is 40.7 Å². The number of nitrogens with one attached hydrogen (secondary N) is 3. The number of rotatable bonds is 4. The molecule has 8 nitrogen and oxygen atoms in total. The fraction of sp³-hybridized carbons (Fsp3) is 0.318. The second-order valence-corrected chi connectivity index (χ2v) is 7.95. The molecule has 180 valence electrons. The summed E-state index contributed by atoms with van der Waals surface area (Å²) in [5.41, 5.74) is -1.30. The Morgan fingerprint density at radius 1 is 1.06 bits per heavy atom. The Hall–Kier alpha value is -3.31. The normalized spacial score (nSPS) is 16.0. The summed E-state index contributed by atoms with van der Waals surface area (Å²) in [5, 5.41) is 8.31. The van der Waals surface area contributed by atoms with Crippen molar-refractivity contribution in [3.63, 3.8) is 0 Å². The van der Waals surface area contributed by atoms with E-state index < -0.39 is 17.6 Å². The highest BCUT2D eigenvalue weighted by Gasteiger charge is 2.35. The summed E-state index contributed by atoms with van der Waals surface area (Å²) in [6.45, 7) is 2.73. The van der Waals surface area contributed by atoms with E-state index >= 15 is 0 Å². The predicted molar refractivity (Wildman–Crippen MR) is 121 cm³/mol. The van der Waals surface area contributed by atoms with Gasteiger partial charge in [-0.25, -0.2) is 0 Å². The molecule has 0 spiro atoms. The Bertz CT molecular complexity index is 1130. The number of halogens is 4. The molecular formula is C22H21ClF3N5O3. The van der Waals surface area contributed by atoms with Gasteiger partial charge in [0.25, 0.3) is 11.8 Å². The Morgan fingerprint density at radius 3 is 2.44 bits per heavy atom. The Labute approximate surface area is 198 Å². The molecule has 0 saturated carbocycles. The molecule has 2 aliphatic rings. The highest BCUT2D eigenvalue weighted by Crippen LogP contribution is 2.38. The zero-order chi connectivity index (χ0) is 24.3. The van der Waals surface area contributed by atoms with Crippen molar-refractivity contribution >= 4 is 40.7 Å². The zero-order valence-corrected chi connectivity index (χ0v) is 18.6. The highest BCUT2D eigenvalue weighted by molar-refractivity contribution is 6.36. The van der Waals surface area contributed by atoms with E-state index in [1.54, 1.807) is 4.90 Å². The molecule has 0 unspecified atom stereocenters. The molecule has 0 aromatic heterocycles. The van der Waals surface area contributed by atoms with Crippen LogP contribution in [0.4, 0.5) is 24.5 Å². The van der Waals surface area contributed by atoms with Crippen molar-refractivity contribution in [2.24, 2.45) is 4.99 Å². The maximum atomic E-state index is 13.8. The van der Waals surface area contributed by atoms with Crippen molar-refractivity contribution < 1.29 is 27.5 Å². The lowest BCUT2D eigenvalue weighted by molar-refractivity contribution is -0.136. The van der Waals surface area contributed by atoms with E-state index in [0.717, 1.165) is 12.1 Å². The summed E-state index contributed by atoms with van der Waals surface area (Å²) in [6, 6.07) is 7.64. The number of nitrogens with zero attached hydrogens (tertiary/aromatic N) is 2. The molecule has 2 aromatic rings. The summed E-state index contributed by atoms with van der Waals surface area (Å²) in [6.07, 6.45) is -4.76. The number of guanidine groups is 1. The highest BCUT2D eigenvalue weighted by atomic mass is 35.5. The van der Waals surface area contributed by atoms with Gasteiger partial charge in [0.2, 0.25) is 0 Å². The maximum Gasteiger partial charge on any atom is 0.418 e. The number of carbonyl (C=O) groups excluding carboxylic acids is 2. The summed E-state index contributed by atoms with van der Waals surface area (Å²) in [7, 11) is 0. The van der Waals surface area contributed by atoms with E-state index in [1.165, 1.54) is 24.3 Å². The SMILES string of the molecule is O=C(N=C1NCCN1)c1ccc(Nc2cccc(C(=O)N3CCOCC3)c2Cl)c(C(F)(F)F)c1. The Morgan fingerprint density at radius 2 is 1.76 bits per heavy atom. The van der Waals surface area contributed by atoms with Crippen LogP contribution < -0.4 is 16.0 Å². The number of morpholine rings is 1. The summed E-state index contributed by atoms with van der Waals surface area (Å²) in [4.78, 5) is 30.5. The van der Waals surface area contributed by atoms with Crippen molar-refractivity contribution in [2.45, 2.75) is 6.18 Å². The maximum absolute atomic E-state index is 13.8. The van der Waals surface area contributed by atoms with Crippen LogP contribution in [0, 0.1) is 0 Å². The third-order valence-corrected chi connectivity index (χ3v) is 5.70. The van der Waals surface area contributed by atoms with Crippen LogP contribution in [0.3, 0.4) is 0 Å². The number of hydrogen-bond donors (Lipinski definition) is 3. The van der Waals surface area contributed by atoms with E-state index in [0.29, 0.717) is 39.4 Å². The Kier molecular flexibility index (Phi) is 6.94. The average molecular weight is 496 g/mol. The first-order valence-corrected chi connectivity index (χ1v) is 10.9. The van der Waals surface area contributed by atoms with Gasteiger partial charge in [-0.05, 0) is 30.3 Å². The molecule has 2 amide bonds. The second-order valence-electron chi connectivity index (χ2n) is 7.57. The molecule has 2 aliphatic heterocycles. The monoisotopic (exact) mass is 495 g/mol. The molecule has 2 heterocycles. The quantitative estimate of drug-likeness (QED) is 0.603. The molecule has 3 N–H and O–H groups in total. The van der Waals surface area contributed by atoms with E-state index in [9.17, 15) is 22.8 Å². The molecule has 34 heavy (non-hydrogen) atoms. The number of benzene rings is 2. The summed E-state index contributed by atoms with van der Waals surface area (Å²) in [5.74, 6) is -0.929. The largest absolute Gasteiger partial charge is 0.418 e. The van der Waals surface area contributed by atoms with Crippen molar-refractivity contribution in [1.82, 2.24) is 15.5 Å². The number of ether oxygens (including phenoxy) is 1. The van der Waals surface area contributed by atoms with Crippen molar-refractivity contribution in [3.05, 3.63) is 58.1 Å². The minimum atomic E-state index is -4.76. The van der Waals surface area contributed by atoms with Gasteiger partial charge in [0.15, 0.2) is 5.96 Å². The number of alkyl halides is 3. The van der Waals surface area contributed by atoms with Gasteiger partial charge in [-0.2, -0.15) is 18.2 Å². The lowest BCUT2D eigenvalue weighted by atomic mass is 10.1. The third kappa shape index (κ3) is 5.26. The van der Waals surface area contributed by atoms with Crippen molar-refractivity contribution in [1.29, 1.82) is 0 Å². The van der Waals surface area contributed by atoms with Crippen LogP contribution >= 0.6 is 11.6 Å². The first kappa shape index (κ1) is 23.8. The minimum Gasteiger partial charge on any atom is -0.378 e. The molecular weight excluding hydrogens is 475 g/mol. The molecule has 12 heteroatoms. The smallest absolute Gasteiger partial charge is 0.378 e. The molecule has 2 fully saturated rings. The number of anilines is 2. The van der Waals surface area contributed by atoms with Gasteiger partial charge in [0, 0.05) is 31.7 Å². The molecule has 0 radical (unpaired) electrons. The van der Waals surface area contributed by atoms with E-state index in [4.69, 9.17) is 16.3 Å². The van der Waals surface area contributed by atoms with Gasteiger partial charge in [-0.15, -0.1) is 0 Å². The third-order valence-electron chi connectivity index (χ3n) is 5.29. The summed E-state index contributed by atoms with van der Waals surface area (Å²) >= 11 is 6.41. The standard InChI is InChI=1S/C22H21ClF3N5O3/c23-18-14(20(33)31-8-10-34-11-9-31)2-1-3-17(18)29-16-5-4-13(12-15(16)22(24,25)26)19(32)30-21-27-6-7-28-21/h1-5,12,29H,6-11H2,(H2,27,28,30,32).